The van der Waals surface area contributed by atoms with Gasteiger partial charge in [0.25, 0.3) is 0 Å². The number of nitrogens with zero attached hydrogens (tertiary/aromatic N) is 1. The number of Topliss-reactive ketones (excluding diaryl/α,β-unsaturated/α-hetero) is 1. The molecule has 6 heteroatoms. The highest BCUT2D eigenvalue weighted by atomic mass is 19.4. The zero-order valence-electron chi connectivity index (χ0n) is 10.9. The van der Waals surface area contributed by atoms with Crippen LogP contribution >= 0.6 is 0 Å². The van der Waals surface area contributed by atoms with Crippen LogP contribution in [-0.2, 0) is 10.9 Å². The number of aromatic nitrogens is 1. The molecule has 1 saturated heterocycles. The van der Waals surface area contributed by atoms with Crippen molar-refractivity contribution in [2.24, 2.45) is 0 Å². The van der Waals surface area contributed by atoms with Gasteiger partial charge < -0.3 is 4.74 Å². The van der Waals surface area contributed by atoms with Gasteiger partial charge in [-0.25, -0.2) is 0 Å². The third-order valence-electron chi connectivity index (χ3n) is 3.39. The number of ketones is 1. The largest absolute Gasteiger partial charge is 0.417 e. The van der Waals surface area contributed by atoms with Crippen molar-refractivity contribution in [2.45, 2.75) is 44.4 Å². The van der Waals surface area contributed by atoms with Crippen LogP contribution in [0, 0.1) is 0 Å². The molecule has 0 amide bonds. The average molecular weight is 287 g/mol. The Morgan fingerprint density at radius 2 is 2.20 bits per heavy atom. The molecule has 2 rings (SSSR count). The predicted octanol–water partition coefficient (Wildman–Crippen LogP) is 3.63. The number of pyridine rings is 1. The highest BCUT2D eigenvalue weighted by molar-refractivity contribution is 5.97. The molecular weight excluding hydrogens is 271 g/mol. The first-order valence-corrected chi connectivity index (χ1v) is 6.64. The maximum absolute atomic E-state index is 12.8. The number of halogens is 3. The van der Waals surface area contributed by atoms with Crippen molar-refractivity contribution in [3.8, 4) is 0 Å². The number of carbonyl (C=O) groups excluding carboxylic acids is 1. The van der Waals surface area contributed by atoms with Crippen LogP contribution < -0.4 is 0 Å². The topological polar surface area (TPSA) is 39.2 Å². The minimum absolute atomic E-state index is 0.0151. The number of ether oxygens (including phenoxy) is 1. The molecule has 0 bridgehead atoms. The van der Waals surface area contributed by atoms with Crippen molar-refractivity contribution in [3.05, 3.63) is 29.6 Å². The molecule has 1 atom stereocenters. The van der Waals surface area contributed by atoms with Gasteiger partial charge in [0.15, 0.2) is 5.78 Å². The summed E-state index contributed by atoms with van der Waals surface area (Å²) in [6, 6.07) is 0.838. The second-order valence-electron chi connectivity index (χ2n) is 4.87. The van der Waals surface area contributed by atoms with E-state index in [-0.39, 0.29) is 18.1 Å². The molecule has 3 nitrogen and oxygen atoms in total. The fraction of sp³-hybridized carbons (Fsp3) is 0.571. The molecule has 110 valence electrons. The third kappa shape index (κ3) is 3.79. The highest BCUT2D eigenvalue weighted by Gasteiger charge is 2.35. The fourth-order valence-electron chi connectivity index (χ4n) is 2.33. The normalized spacial score (nSPS) is 19.9. The molecular formula is C14H16F3NO2. The Balaban J connectivity index is 2.02. The van der Waals surface area contributed by atoms with Gasteiger partial charge in [0, 0.05) is 31.0 Å². The summed E-state index contributed by atoms with van der Waals surface area (Å²) in [5.74, 6) is -0.528. The number of hydrogen-bond donors (Lipinski definition) is 0. The summed E-state index contributed by atoms with van der Waals surface area (Å²) < 4.78 is 43.9. The highest BCUT2D eigenvalue weighted by Crippen LogP contribution is 2.32. The predicted molar refractivity (Wildman–Crippen MR) is 66.4 cm³/mol. The van der Waals surface area contributed by atoms with Gasteiger partial charge in [-0.1, -0.05) is 0 Å². The number of carbonyl (C=O) groups is 1. The molecule has 1 aliphatic heterocycles. The Morgan fingerprint density at radius 1 is 1.40 bits per heavy atom. The van der Waals surface area contributed by atoms with Crippen LogP contribution in [0.3, 0.4) is 0 Å². The van der Waals surface area contributed by atoms with E-state index >= 15 is 0 Å². The third-order valence-corrected chi connectivity index (χ3v) is 3.39. The summed E-state index contributed by atoms with van der Waals surface area (Å²) in [5, 5.41) is 0. The van der Waals surface area contributed by atoms with Gasteiger partial charge in [-0.2, -0.15) is 13.2 Å². The van der Waals surface area contributed by atoms with E-state index in [9.17, 15) is 18.0 Å². The van der Waals surface area contributed by atoms with E-state index in [2.05, 4.69) is 4.98 Å². The van der Waals surface area contributed by atoms with Gasteiger partial charge in [-0.05, 0) is 31.7 Å². The lowest BCUT2D eigenvalue weighted by atomic mass is 9.98. The van der Waals surface area contributed by atoms with E-state index in [0.717, 1.165) is 37.7 Å². The number of rotatable bonds is 4. The Hall–Kier alpha value is -1.43. The quantitative estimate of drug-likeness (QED) is 0.794. The molecule has 2 heterocycles. The molecule has 0 radical (unpaired) electrons. The van der Waals surface area contributed by atoms with Gasteiger partial charge in [-0.3, -0.25) is 9.78 Å². The van der Waals surface area contributed by atoms with E-state index < -0.39 is 17.5 Å². The van der Waals surface area contributed by atoms with Crippen molar-refractivity contribution in [3.63, 3.8) is 0 Å². The van der Waals surface area contributed by atoms with Crippen molar-refractivity contribution in [1.29, 1.82) is 0 Å². The molecule has 0 aromatic carbocycles. The Labute approximate surface area is 115 Å². The van der Waals surface area contributed by atoms with Crippen molar-refractivity contribution in [1.82, 2.24) is 4.98 Å². The smallest absolute Gasteiger partial charge is 0.378 e. The SMILES string of the molecule is O=C(CCC1CCCCO1)c1cnccc1C(F)(F)F. The van der Waals surface area contributed by atoms with Gasteiger partial charge in [-0.15, -0.1) is 0 Å². The van der Waals surface area contributed by atoms with Crippen LogP contribution in [0.15, 0.2) is 18.5 Å². The minimum Gasteiger partial charge on any atom is -0.378 e. The molecule has 1 aliphatic rings. The molecule has 1 fully saturated rings. The fourth-order valence-corrected chi connectivity index (χ4v) is 2.33. The Bertz CT molecular complexity index is 468. The standard InChI is InChI=1S/C14H16F3NO2/c15-14(16,17)12-6-7-18-9-11(12)13(19)5-4-10-3-1-2-8-20-10/h6-7,9-10H,1-5,8H2. The Kier molecular flexibility index (Phi) is 4.75. The molecule has 20 heavy (non-hydrogen) atoms. The first-order valence-electron chi connectivity index (χ1n) is 6.64. The molecule has 0 N–H and O–H groups in total. The van der Waals surface area contributed by atoms with E-state index in [4.69, 9.17) is 4.74 Å². The molecule has 1 aromatic heterocycles. The zero-order valence-corrected chi connectivity index (χ0v) is 10.9. The molecule has 1 aromatic rings. The lowest BCUT2D eigenvalue weighted by Crippen LogP contribution is -2.21. The van der Waals surface area contributed by atoms with Crippen molar-refractivity contribution in [2.75, 3.05) is 6.61 Å². The summed E-state index contributed by atoms with van der Waals surface area (Å²) in [6.45, 7) is 0.666. The van der Waals surface area contributed by atoms with E-state index in [1.807, 2.05) is 0 Å². The van der Waals surface area contributed by atoms with E-state index in [1.54, 1.807) is 0 Å². The summed E-state index contributed by atoms with van der Waals surface area (Å²) in [4.78, 5) is 15.6. The number of alkyl halides is 3. The lowest BCUT2D eigenvalue weighted by molar-refractivity contribution is -0.138. The first-order chi connectivity index (χ1) is 9.48. The average Bonchev–Trinajstić information content (AvgIpc) is 2.45. The first kappa shape index (κ1) is 15.0. The molecule has 1 unspecified atom stereocenters. The second kappa shape index (κ2) is 6.35. The van der Waals surface area contributed by atoms with Gasteiger partial charge >= 0.3 is 6.18 Å². The van der Waals surface area contributed by atoms with Gasteiger partial charge in [0.05, 0.1) is 11.7 Å². The lowest BCUT2D eigenvalue weighted by Gasteiger charge is -2.22. The summed E-state index contributed by atoms with van der Waals surface area (Å²) in [5.41, 5.74) is -1.27. The minimum atomic E-state index is -4.53. The zero-order chi connectivity index (χ0) is 14.6. The maximum atomic E-state index is 12.8. The van der Waals surface area contributed by atoms with Crippen LogP contribution in [0.4, 0.5) is 13.2 Å². The van der Waals surface area contributed by atoms with E-state index in [0.29, 0.717) is 13.0 Å². The summed E-state index contributed by atoms with van der Waals surface area (Å²) in [7, 11) is 0. The van der Waals surface area contributed by atoms with Crippen LogP contribution in [0.25, 0.3) is 0 Å². The summed E-state index contributed by atoms with van der Waals surface area (Å²) >= 11 is 0. The van der Waals surface area contributed by atoms with Crippen LogP contribution in [-0.4, -0.2) is 23.5 Å². The van der Waals surface area contributed by atoms with Crippen LogP contribution in [0.5, 0.6) is 0 Å². The van der Waals surface area contributed by atoms with Crippen LogP contribution in [0.1, 0.15) is 48.0 Å². The monoisotopic (exact) mass is 287 g/mol. The number of hydrogen-bond acceptors (Lipinski definition) is 3. The van der Waals surface area contributed by atoms with Gasteiger partial charge in [0.2, 0.25) is 0 Å². The summed E-state index contributed by atoms with van der Waals surface area (Å²) in [6.07, 6.45) is 0.923. The van der Waals surface area contributed by atoms with Gasteiger partial charge in [0.1, 0.15) is 0 Å². The van der Waals surface area contributed by atoms with Crippen molar-refractivity contribution >= 4 is 5.78 Å². The Morgan fingerprint density at radius 3 is 2.85 bits per heavy atom. The molecule has 0 aliphatic carbocycles. The maximum Gasteiger partial charge on any atom is 0.417 e. The second-order valence-corrected chi connectivity index (χ2v) is 4.87. The molecule has 0 saturated carbocycles. The van der Waals surface area contributed by atoms with Crippen LogP contribution in [0.2, 0.25) is 0 Å². The van der Waals surface area contributed by atoms with E-state index in [1.165, 1.54) is 0 Å². The molecule has 0 spiro atoms. The van der Waals surface area contributed by atoms with Crippen molar-refractivity contribution < 1.29 is 22.7 Å².